The van der Waals surface area contributed by atoms with Gasteiger partial charge in [0.25, 0.3) is 0 Å². The highest BCUT2D eigenvalue weighted by Crippen LogP contribution is 2.74. The number of hydrogen-bond donors (Lipinski definition) is 7. The van der Waals surface area contributed by atoms with Crippen molar-refractivity contribution in [2.75, 3.05) is 6.61 Å². The molecule has 6 aliphatic rings. The molecule has 13 nitrogen and oxygen atoms in total. The van der Waals surface area contributed by atoms with E-state index in [4.69, 9.17) is 18.9 Å². The van der Waals surface area contributed by atoms with E-state index in [1.165, 1.54) is 20.8 Å². The fourth-order valence-corrected chi connectivity index (χ4v) is 12.2. The summed E-state index contributed by atoms with van der Waals surface area (Å²) in [5.41, 5.74) is -1.74. The van der Waals surface area contributed by atoms with Gasteiger partial charge in [0.2, 0.25) is 0 Å². The summed E-state index contributed by atoms with van der Waals surface area (Å²) in [6, 6.07) is 0. The lowest BCUT2D eigenvalue weighted by atomic mass is 9.38. The molecule has 0 radical (unpaired) electrons. The number of ether oxygens (including phenoxy) is 4. The Morgan fingerprint density at radius 3 is 2.22 bits per heavy atom. The van der Waals surface area contributed by atoms with E-state index < -0.39 is 90.6 Å². The number of Topliss-reactive ketones (excluding diaryl/α,β-unsaturated/α-hetero) is 2. The van der Waals surface area contributed by atoms with E-state index in [1.54, 1.807) is 0 Å². The maximum atomic E-state index is 14.8. The summed E-state index contributed by atoms with van der Waals surface area (Å²) < 4.78 is 24.3. The van der Waals surface area contributed by atoms with Crippen LogP contribution in [0.3, 0.4) is 0 Å². The minimum absolute atomic E-state index is 0.0204. The second-order valence-electron chi connectivity index (χ2n) is 19.8. The lowest BCUT2D eigenvalue weighted by Crippen LogP contribution is -2.65. The molecular formula is C42H68O13. The van der Waals surface area contributed by atoms with E-state index in [1.807, 2.05) is 0 Å². The third kappa shape index (κ3) is 6.92. The van der Waals surface area contributed by atoms with Gasteiger partial charge in [-0.25, -0.2) is 0 Å². The number of rotatable bonds is 10. The summed E-state index contributed by atoms with van der Waals surface area (Å²) in [7, 11) is 0. The van der Waals surface area contributed by atoms with Crippen molar-refractivity contribution in [3.8, 4) is 0 Å². The number of carbonyl (C=O) groups excluding carboxylic acids is 2. The standard InChI is InChI=1S/C42H68O13/c1-20(10-14-27(44)39(5,6)51)22-16-17-40(7)26-13-11-23-24(42(26,9)28(45)18-41(22,40)8)12-15-29(38(23,3)4)54-37-35(33(49)31(47)25(19-43)53-37)55-36-34(50)32(48)30(46)21(2)52-36/h11,20-22,24-26,29-37,43,46-51H,10,12-19H2,1-9H3/t20-,21+,22-,24-,25-,26+,29+,30+,31-,32-,33+,34-,35-,36-,37+,40+,41-,42+/m1/s1. The highest BCUT2D eigenvalue weighted by molar-refractivity contribution is 5.88. The second kappa shape index (κ2) is 15.0. The zero-order valence-electron chi connectivity index (χ0n) is 34.2. The van der Waals surface area contributed by atoms with Crippen LogP contribution >= 0.6 is 0 Å². The van der Waals surface area contributed by atoms with E-state index in [-0.39, 0.29) is 46.1 Å². The van der Waals surface area contributed by atoms with Crippen molar-refractivity contribution in [2.45, 2.75) is 187 Å². The zero-order valence-corrected chi connectivity index (χ0v) is 34.2. The Morgan fingerprint density at radius 1 is 0.909 bits per heavy atom. The van der Waals surface area contributed by atoms with Gasteiger partial charge in [-0.05, 0) is 93.8 Å². The summed E-state index contributed by atoms with van der Waals surface area (Å²) in [6.45, 7) is 17.2. The molecule has 0 unspecified atom stereocenters. The molecule has 0 amide bonds. The first-order valence-corrected chi connectivity index (χ1v) is 20.6. The van der Waals surface area contributed by atoms with Crippen LogP contribution in [0.2, 0.25) is 0 Å². The monoisotopic (exact) mass is 780 g/mol. The molecule has 4 aliphatic carbocycles. The molecule has 0 spiro atoms. The number of ketones is 2. The Labute approximate surface area is 325 Å². The summed E-state index contributed by atoms with van der Waals surface area (Å²) in [6.07, 6.45) is -6.82. The number of carbonyl (C=O) groups is 2. The summed E-state index contributed by atoms with van der Waals surface area (Å²) in [4.78, 5) is 27.4. The van der Waals surface area contributed by atoms with Crippen LogP contribution in [-0.4, -0.2) is 127 Å². The van der Waals surface area contributed by atoms with Crippen molar-refractivity contribution in [1.82, 2.24) is 0 Å². The maximum absolute atomic E-state index is 14.8. The molecular weight excluding hydrogens is 712 g/mol. The average molecular weight is 781 g/mol. The SMILES string of the molecule is C[C@H](CCC(=O)C(C)(C)O)[C@H]1CC[C@@]2(C)[C@@H]3CC=C4[C@@H](CC[C@H](O[C@@H]5O[C@H](CO)[C@@H](O)[C@H](O)[C@H]5O[C@H]5O[C@@H](C)[C@H](O)[C@@H](O)[C@H]5O)C4(C)C)[C@]3(C)C(=O)C[C@]12C. The summed E-state index contributed by atoms with van der Waals surface area (Å²) >= 11 is 0. The first kappa shape index (κ1) is 43.2. The molecule has 18 atom stereocenters. The van der Waals surface area contributed by atoms with Crippen LogP contribution in [0.5, 0.6) is 0 Å². The topological polar surface area (TPSA) is 213 Å². The van der Waals surface area contributed by atoms with Crippen molar-refractivity contribution in [3.63, 3.8) is 0 Å². The van der Waals surface area contributed by atoms with E-state index in [0.29, 0.717) is 32.1 Å². The quantitative estimate of drug-likeness (QED) is 0.159. The van der Waals surface area contributed by atoms with Crippen molar-refractivity contribution < 1.29 is 64.3 Å². The number of hydrogen-bond acceptors (Lipinski definition) is 13. The number of aliphatic hydroxyl groups excluding tert-OH is 6. The number of allylic oxidation sites excluding steroid dienone is 1. The maximum Gasteiger partial charge on any atom is 0.187 e. The van der Waals surface area contributed by atoms with Crippen LogP contribution in [0.4, 0.5) is 0 Å². The van der Waals surface area contributed by atoms with Gasteiger partial charge in [-0.2, -0.15) is 0 Å². The third-order valence-corrected chi connectivity index (χ3v) is 16.1. The van der Waals surface area contributed by atoms with E-state index in [2.05, 4.69) is 47.6 Å². The third-order valence-electron chi connectivity index (χ3n) is 16.1. The molecule has 3 saturated carbocycles. The van der Waals surface area contributed by atoms with Gasteiger partial charge in [-0.3, -0.25) is 9.59 Å². The molecule has 0 bridgehead atoms. The number of fused-ring (bicyclic) bond motifs is 5. The smallest absolute Gasteiger partial charge is 0.187 e. The van der Waals surface area contributed by atoms with Crippen molar-refractivity contribution in [1.29, 1.82) is 0 Å². The van der Waals surface area contributed by atoms with E-state index in [0.717, 1.165) is 24.8 Å². The van der Waals surface area contributed by atoms with Crippen LogP contribution in [0.15, 0.2) is 11.6 Å². The normalized spacial score (nSPS) is 49.0. The van der Waals surface area contributed by atoms with Crippen LogP contribution < -0.4 is 0 Å². The fraction of sp³-hybridized carbons (Fsp3) is 0.905. The predicted octanol–water partition coefficient (Wildman–Crippen LogP) is 2.56. The van der Waals surface area contributed by atoms with E-state index >= 15 is 0 Å². The molecule has 2 heterocycles. The lowest BCUT2D eigenvalue weighted by molar-refractivity contribution is -0.372. The molecule has 314 valence electrons. The van der Waals surface area contributed by atoms with Gasteiger partial charge in [0.1, 0.15) is 54.1 Å². The molecule has 55 heavy (non-hydrogen) atoms. The Kier molecular flexibility index (Phi) is 11.8. The van der Waals surface area contributed by atoms with Gasteiger partial charge in [0, 0.05) is 23.7 Å². The average Bonchev–Trinajstić information content (AvgIpc) is 3.38. The Hall–Kier alpha value is -1.36. The molecule has 13 heteroatoms. The summed E-state index contributed by atoms with van der Waals surface area (Å²) in [5.74, 6) is 0.748. The van der Waals surface area contributed by atoms with Gasteiger partial charge in [-0.15, -0.1) is 0 Å². The molecule has 0 aromatic heterocycles. The highest BCUT2D eigenvalue weighted by Gasteiger charge is 2.70. The van der Waals surface area contributed by atoms with Crippen molar-refractivity contribution in [3.05, 3.63) is 11.6 Å². The Balaban J connectivity index is 1.23. The molecule has 0 aromatic rings. The lowest BCUT2D eigenvalue weighted by Gasteiger charge is -2.65. The van der Waals surface area contributed by atoms with E-state index in [9.17, 15) is 45.3 Å². The second-order valence-corrected chi connectivity index (χ2v) is 19.8. The molecule has 7 N–H and O–H groups in total. The first-order valence-electron chi connectivity index (χ1n) is 20.6. The minimum atomic E-state index is -1.67. The molecule has 5 fully saturated rings. The Bertz CT molecular complexity index is 1470. The van der Waals surface area contributed by atoms with Crippen LogP contribution in [0, 0.1) is 45.3 Å². The van der Waals surface area contributed by atoms with Crippen LogP contribution in [0.1, 0.15) is 114 Å². The largest absolute Gasteiger partial charge is 0.394 e. The molecule has 6 rings (SSSR count). The van der Waals surface area contributed by atoms with Gasteiger partial charge in [0.05, 0.1) is 18.8 Å². The van der Waals surface area contributed by atoms with Gasteiger partial charge < -0.3 is 54.7 Å². The van der Waals surface area contributed by atoms with Crippen molar-refractivity contribution >= 4 is 11.6 Å². The predicted molar refractivity (Wildman–Crippen MR) is 199 cm³/mol. The van der Waals surface area contributed by atoms with Crippen LogP contribution in [0.25, 0.3) is 0 Å². The molecule has 2 saturated heterocycles. The minimum Gasteiger partial charge on any atom is -0.394 e. The van der Waals surface area contributed by atoms with Crippen LogP contribution in [-0.2, 0) is 28.5 Å². The highest BCUT2D eigenvalue weighted by atomic mass is 16.8. The molecule has 0 aromatic carbocycles. The zero-order chi connectivity index (χ0) is 40.8. The Morgan fingerprint density at radius 2 is 1.58 bits per heavy atom. The number of aliphatic hydroxyl groups is 7. The van der Waals surface area contributed by atoms with Gasteiger partial charge >= 0.3 is 0 Å². The van der Waals surface area contributed by atoms with Gasteiger partial charge in [-0.1, -0.05) is 53.2 Å². The van der Waals surface area contributed by atoms with Gasteiger partial charge in [0.15, 0.2) is 18.4 Å². The first-order chi connectivity index (χ1) is 25.4. The van der Waals surface area contributed by atoms with Crippen molar-refractivity contribution in [2.24, 2.45) is 45.3 Å². The summed E-state index contributed by atoms with van der Waals surface area (Å²) in [5, 5.41) is 73.6. The molecule has 2 aliphatic heterocycles. The fourth-order valence-electron chi connectivity index (χ4n) is 12.2.